The van der Waals surface area contributed by atoms with E-state index in [1.165, 1.54) is 11.8 Å². The normalized spacial score (nSPS) is 16.8. The molecule has 0 saturated carbocycles. The average molecular weight is 494 g/mol. The number of anilines is 1. The highest BCUT2D eigenvalue weighted by molar-refractivity contribution is 8.16. The van der Waals surface area contributed by atoms with Gasteiger partial charge in [0.15, 0.2) is 5.17 Å². The highest BCUT2D eigenvalue weighted by Gasteiger charge is 2.41. The summed E-state index contributed by atoms with van der Waals surface area (Å²) in [4.78, 5) is 32.6. The number of ether oxygens (including phenoxy) is 3. The molecule has 2 aliphatic heterocycles. The summed E-state index contributed by atoms with van der Waals surface area (Å²) in [6, 6.07) is 14.2. The van der Waals surface area contributed by atoms with Crippen LogP contribution in [-0.4, -0.2) is 42.8 Å². The maximum absolute atomic E-state index is 13.0. The minimum Gasteiger partial charge on any atom is -0.497 e. The average Bonchev–Trinajstić information content (AvgIpc) is 3.25. The van der Waals surface area contributed by atoms with Crippen LogP contribution in [0.1, 0.15) is 31.9 Å². The van der Waals surface area contributed by atoms with Crippen molar-refractivity contribution in [3.05, 3.63) is 76.5 Å². The van der Waals surface area contributed by atoms with Gasteiger partial charge in [-0.2, -0.15) is 0 Å². The Morgan fingerprint density at radius 3 is 2.51 bits per heavy atom. The molecule has 1 amide bonds. The second kappa shape index (κ2) is 10.7. The van der Waals surface area contributed by atoms with Crippen LogP contribution in [0, 0.1) is 0 Å². The van der Waals surface area contributed by atoms with Crippen molar-refractivity contribution in [3.8, 4) is 11.5 Å². The third-order valence-electron chi connectivity index (χ3n) is 5.62. The second-order valence-electron chi connectivity index (χ2n) is 7.84. The molecule has 0 bridgehead atoms. The van der Waals surface area contributed by atoms with E-state index in [4.69, 9.17) is 14.2 Å². The fourth-order valence-electron chi connectivity index (χ4n) is 4.01. The number of amides is 1. The van der Waals surface area contributed by atoms with Crippen LogP contribution < -0.4 is 14.8 Å². The van der Waals surface area contributed by atoms with Crippen LogP contribution in [0.3, 0.4) is 0 Å². The van der Waals surface area contributed by atoms with E-state index >= 15 is 0 Å². The van der Waals surface area contributed by atoms with E-state index < -0.39 is 12.0 Å². The molecule has 0 fully saturated rings. The maximum Gasteiger partial charge on any atom is 0.338 e. The zero-order valence-corrected chi connectivity index (χ0v) is 20.8. The van der Waals surface area contributed by atoms with E-state index in [9.17, 15) is 9.59 Å². The Hall–Kier alpha value is -3.72. The van der Waals surface area contributed by atoms with Crippen LogP contribution in [0.15, 0.2) is 75.9 Å². The van der Waals surface area contributed by atoms with Crippen LogP contribution in [0.2, 0.25) is 0 Å². The predicted octanol–water partition coefficient (Wildman–Crippen LogP) is 4.87. The van der Waals surface area contributed by atoms with Crippen LogP contribution in [0.5, 0.6) is 11.5 Å². The Bertz CT molecular complexity index is 1220. The summed E-state index contributed by atoms with van der Waals surface area (Å²) in [6.07, 6.45) is 0.105. The molecule has 0 unspecified atom stereocenters. The number of nitrogens with one attached hydrogen (secondary N) is 1. The highest BCUT2D eigenvalue weighted by Crippen LogP contribution is 2.45. The number of esters is 1. The molecule has 9 heteroatoms. The van der Waals surface area contributed by atoms with Crippen molar-refractivity contribution >= 4 is 34.5 Å². The lowest BCUT2D eigenvalue weighted by molar-refractivity contribution is -0.139. The van der Waals surface area contributed by atoms with Crippen LogP contribution in [0.4, 0.5) is 5.69 Å². The third kappa shape index (κ3) is 5.19. The molecule has 1 N–H and O–H groups in total. The summed E-state index contributed by atoms with van der Waals surface area (Å²) in [5.41, 5.74) is 3.27. The van der Waals surface area contributed by atoms with Crippen molar-refractivity contribution in [1.29, 1.82) is 0 Å². The van der Waals surface area contributed by atoms with Gasteiger partial charge in [0.1, 0.15) is 11.5 Å². The summed E-state index contributed by atoms with van der Waals surface area (Å²) < 4.78 is 16.0. The zero-order chi connectivity index (χ0) is 24.9. The largest absolute Gasteiger partial charge is 0.497 e. The quantitative estimate of drug-likeness (QED) is 0.525. The molecule has 0 spiro atoms. The van der Waals surface area contributed by atoms with Gasteiger partial charge in [0.2, 0.25) is 5.91 Å². The highest BCUT2D eigenvalue weighted by atomic mass is 32.2. The molecule has 0 aliphatic carbocycles. The van der Waals surface area contributed by atoms with E-state index in [1.807, 2.05) is 34.6 Å². The summed E-state index contributed by atoms with van der Waals surface area (Å²) in [7, 11) is 3.19. The minimum absolute atomic E-state index is 0.105. The molecule has 2 aromatic rings. The molecule has 0 aromatic heterocycles. The lowest BCUT2D eigenvalue weighted by Crippen LogP contribution is -2.37. The Kier molecular flexibility index (Phi) is 7.45. The van der Waals surface area contributed by atoms with Gasteiger partial charge in [-0.05, 0) is 61.2 Å². The van der Waals surface area contributed by atoms with E-state index in [0.29, 0.717) is 33.6 Å². The zero-order valence-electron chi connectivity index (χ0n) is 20.0. The Morgan fingerprint density at radius 2 is 1.83 bits per heavy atom. The molecule has 182 valence electrons. The number of carbonyl (C=O) groups is 2. The topological polar surface area (TPSA) is 89.5 Å². The fraction of sp³-hybridized carbons (Fsp3) is 0.269. The number of aliphatic imine (C=N–C) groups is 1. The van der Waals surface area contributed by atoms with E-state index in [1.54, 1.807) is 52.3 Å². The molecule has 1 atom stereocenters. The molecular formula is C26H27N3O5S. The number of hydrogen-bond acceptors (Lipinski definition) is 8. The van der Waals surface area contributed by atoms with E-state index in [-0.39, 0.29) is 18.9 Å². The van der Waals surface area contributed by atoms with E-state index in [0.717, 1.165) is 11.3 Å². The first kappa shape index (κ1) is 24.4. The van der Waals surface area contributed by atoms with Crippen molar-refractivity contribution in [3.63, 3.8) is 0 Å². The van der Waals surface area contributed by atoms with Crippen LogP contribution in [0.25, 0.3) is 0 Å². The molecule has 4 rings (SSSR count). The first-order valence-electron chi connectivity index (χ1n) is 11.1. The molecular weight excluding hydrogens is 466 g/mol. The van der Waals surface area contributed by atoms with Gasteiger partial charge < -0.3 is 24.4 Å². The third-order valence-corrected chi connectivity index (χ3v) is 6.51. The number of benzene rings is 2. The lowest BCUT2D eigenvalue weighted by atomic mass is 9.93. The Balaban J connectivity index is 1.64. The summed E-state index contributed by atoms with van der Waals surface area (Å²) in [6.45, 7) is 3.82. The Labute approximate surface area is 208 Å². The van der Waals surface area contributed by atoms with Gasteiger partial charge in [-0.1, -0.05) is 23.9 Å². The summed E-state index contributed by atoms with van der Waals surface area (Å²) in [5.74, 6) is 0.764. The fourth-order valence-corrected chi connectivity index (χ4v) is 4.97. The number of methoxy groups -OCH3 is 2. The number of rotatable bonds is 8. The smallest absolute Gasteiger partial charge is 0.338 e. The molecule has 8 nitrogen and oxygen atoms in total. The Morgan fingerprint density at radius 1 is 1.09 bits per heavy atom. The first-order chi connectivity index (χ1) is 16.9. The monoisotopic (exact) mass is 493 g/mol. The van der Waals surface area contributed by atoms with Crippen molar-refractivity contribution in [2.45, 2.75) is 26.3 Å². The van der Waals surface area contributed by atoms with Gasteiger partial charge in [-0.25, -0.2) is 9.79 Å². The predicted molar refractivity (Wildman–Crippen MR) is 136 cm³/mol. The SMILES string of the molecule is CCOC(=O)C1=C(C)N=C2SC=C(CC(=O)Nc3ccc(OC)cc3)N2[C@H]1c1cccc(OC)c1. The maximum atomic E-state index is 13.0. The van der Waals surface area contributed by atoms with Crippen LogP contribution >= 0.6 is 11.8 Å². The standard InChI is InChI=1S/C26H27N3O5S/c1-5-34-25(31)23-16(2)27-26-29(24(23)17-7-6-8-21(13-17)33-4)19(15-35-26)14-22(30)28-18-9-11-20(32-3)12-10-18/h6-13,15,24H,5,14H2,1-4H3,(H,28,30)/t24-/m0/s1. The lowest BCUT2D eigenvalue weighted by Gasteiger charge is -2.36. The van der Waals surface area contributed by atoms with Gasteiger partial charge in [0.05, 0.1) is 44.6 Å². The van der Waals surface area contributed by atoms with Crippen molar-refractivity contribution in [2.75, 3.05) is 26.1 Å². The van der Waals surface area contributed by atoms with Crippen LogP contribution in [-0.2, 0) is 14.3 Å². The number of amidine groups is 1. The molecule has 35 heavy (non-hydrogen) atoms. The molecule has 2 heterocycles. The van der Waals surface area contributed by atoms with E-state index in [2.05, 4.69) is 10.3 Å². The second-order valence-corrected chi connectivity index (χ2v) is 8.68. The van der Waals surface area contributed by atoms with Gasteiger partial charge >= 0.3 is 5.97 Å². The van der Waals surface area contributed by atoms with Crippen molar-refractivity contribution < 1.29 is 23.8 Å². The number of nitrogens with zero attached hydrogens (tertiary/aromatic N) is 2. The summed E-state index contributed by atoms with van der Waals surface area (Å²) in [5, 5.41) is 5.52. The minimum atomic E-state index is -0.508. The van der Waals surface area contributed by atoms with Crippen molar-refractivity contribution in [1.82, 2.24) is 4.90 Å². The van der Waals surface area contributed by atoms with Gasteiger partial charge in [-0.3, -0.25) is 4.79 Å². The number of thioether (sulfide) groups is 1. The van der Waals surface area contributed by atoms with Crippen molar-refractivity contribution in [2.24, 2.45) is 4.99 Å². The summed E-state index contributed by atoms with van der Waals surface area (Å²) >= 11 is 1.43. The molecule has 2 aromatic carbocycles. The molecule has 0 saturated heterocycles. The number of hydrogen-bond donors (Lipinski definition) is 1. The number of fused-ring (bicyclic) bond motifs is 1. The molecule has 0 radical (unpaired) electrons. The number of carbonyl (C=O) groups excluding carboxylic acids is 2. The molecule has 2 aliphatic rings. The van der Waals surface area contributed by atoms with Gasteiger partial charge in [0, 0.05) is 11.4 Å². The van der Waals surface area contributed by atoms with Gasteiger partial charge in [-0.15, -0.1) is 0 Å². The first-order valence-corrected chi connectivity index (χ1v) is 12.0. The number of allylic oxidation sites excluding steroid dienone is 1. The van der Waals surface area contributed by atoms with Gasteiger partial charge in [0.25, 0.3) is 0 Å².